The molecule has 1 saturated heterocycles. The van der Waals surface area contributed by atoms with Crippen molar-refractivity contribution in [2.75, 3.05) is 18.8 Å². The number of carbonyl (C=O) groups excluding carboxylic acids is 1. The molecule has 108 valence electrons. The van der Waals surface area contributed by atoms with Crippen LogP contribution in [0.5, 0.6) is 0 Å². The van der Waals surface area contributed by atoms with Crippen molar-refractivity contribution in [1.29, 1.82) is 0 Å². The summed E-state index contributed by atoms with van der Waals surface area (Å²) in [5.41, 5.74) is 0. The van der Waals surface area contributed by atoms with Gasteiger partial charge in [0.05, 0.1) is 0 Å². The van der Waals surface area contributed by atoms with Crippen LogP contribution < -0.4 is 5.32 Å². The van der Waals surface area contributed by atoms with Gasteiger partial charge in [-0.25, -0.2) is 9.59 Å². The molecule has 1 heterocycles. The second kappa shape index (κ2) is 7.22. The Kier molecular flexibility index (Phi) is 5.94. The summed E-state index contributed by atoms with van der Waals surface area (Å²) in [4.78, 5) is 34.9. The van der Waals surface area contributed by atoms with Crippen molar-refractivity contribution in [2.24, 2.45) is 0 Å². The fourth-order valence-electron chi connectivity index (χ4n) is 1.77. The van der Waals surface area contributed by atoms with Gasteiger partial charge in [0.15, 0.2) is 0 Å². The van der Waals surface area contributed by atoms with Gasteiger partial charge in [-0.05, 0) is 6.42 Å². The summed E-state index contributed by atoms with van der Waals surface area (Å²) in [6.07, 6.45) is -0.405. The smallest absolute Gasteiger partial charge is 0.326 e. The van der Waals surface area contributed by atoms with Crippen LogP contribution in [0.2, 0.25) is 0 Å². The third kappa shape index (κ3) is 5.37. The molecule has 2 unspecified atom stereocenters. The number of amides is 2. The third-order valence-corrected chi connectivity index (χ3v) is 3.91. The lowest BCUT2D eigenvalue weighted by atomic mass is 10.1. The topological polar surface area (TPSA) is 107 Å². The minimum atomic E-state index is -1.21. The van der Waals surface area contributed by atoms with Crippen LogP contribution in [0.25, 0.3) is 0 Å². The summed E-state index contributed by atoms with van der Waals surface area (Å²) in [5.74, 6) is -1.47. The first-order valence-electron chi connectivity index (χ1n) is 6.01. The maximum Gasteiger partial charge on any atom is 0.326 e. The second-order valence-electron chi connectivity index (χ2n) is 4.40. The highest BCUT2D eigenvalue weighted by Crippen LogP contribution is 2.17. The number of nitrogens with one attached hydrogen (secondary N) is 1. The first kappa shape index (κ1) is 15.6. The van der Waals surface area contributed by atoms with Crippen LogP contribution in [-0.2, 0) is 9.59 Å². The monoisotopic (exact) mass is 290 g/mol. The fourth-order valence-corrected chi connectivity index (χ4v) is 2.78. The van der Waals surface area contributed by atoms with Crippen LogP contribution in [0, 0.1) is 0 Å². The molecular weight excluding hydrogens is 272 g/mol. The van der Waals surface area contributed by atoms with E-state index in [2.05, 4.69) is 5.32 Å². The number of rotatable bonds is 5. The molecule has 1 aliphatic rings. The number of urea groups is 1. The Labute approximate surface area is 115 Å². The summed E-state index contributed by atoms with van der Waals surface area (Å²) in [5, 5.41) is 20.2. The molecule has 1 fully saturated rings. The molecule has 0 aromatic rings. The molecule has 0 radical (unpaired) electrons. The van der Waals surface area contributed by atoms with Gasteiger partial charge in [0.2, 0.25) is 0 Å². The Balaban J connectivity index is 2.50. The summed E-state index contributed by atoms with van der Waals surface area (Å²) in [6, 6.07) is -1.60. The van der Waals surface area contributed by atoms with Gasteiger partial charge in [-0.3, -0.25) is 4.79 Å². The highest BCUT2D eigenvalue weighted by atomic mass is 32.2. The van der Waals surface area contributed by atoms with E-state index < -0.39 is 24.0 Å². The molecule has 2 amide bonds. The Morgan fingerprint density at radius 3 is 2.63 bits per heavy atom. The number of thioether (sulfide) groups is 1. The van der Waals surface area contributed by atoms with Crippen molar-refractivity contribution in [3.63, 3.8) is 0 Å². The number of hydrogen-bond donors (Lipinski definition) is 3. The first-order valence-corrected chi connectivity index (χ1v) is 7.06. The summed E-state index contributed by atoms with van der Waals surface area (Å²) in [7, 11) is 0. The van der Waals surface area contributed by atoms with Crippen LogP contribution >= 0.6 is 11.8 Å². The van der Waals surface area contributed by atoms with E-state index in [0.717, 1.165) is 5.75 Å². The van der Waals surface area contributed by atoms with Crippen LogP contribution in [0.15, 0.2) is 0 Å². The number of aliphatic carboxylic acids is 2. The van der Waals surface area contributed by atoms with Crippen molar-refractivity contribution >= 4 is 29.7 Å². The van der Waals surface area contributed by atoms with Crippen LogP contribution in [0.1, 0.15) is 19.8 Å². The fraction of sp³-hybridized carbons (Fsp3) is 0.727. The molecular formula is C11H18N2O5S. The van der Waals surface area contributed by atoms with E-state index in [9.17, 15) is 14.4 Å². The molecule has 3 N–H and O–H groups in total. The minimum absolute atomic E-state index is 0.117. The minimum Gasteiger partial charge on any atom is -0.481 e. The zero-order valence-electron chi connectivity index (χ0n) is 10.7. The van der Waals surface area contributed by atoms with Gasteiger partial charge in [0, 0.05) is 30.5 Å². The number of hydrogen-bond acceptors (Lipinski definition) is 4. The molecule has 1 aliphatic heterocycles. The van der Waals surface area contributed by atoms with Crippen molar-refractivity contribution < 1.29 is 24.6 Å². The summed E-state index contributed by atoms with van der Waals surface area (Å²) < 4.78 is 0. The van der Waals surface area contributed by atoms with Gasteiger partial charge in [-0.15, -0.1) is 0 Å². The van der Waals surface area contributed by atoms with Crippen LogP contribution in [0.4, 0.5) is 4.79 Å². The lowest BCUT2D eigenvalue weighted by Crippen LogP contribution is -2.51. The van der Waals surface area contributed by atoms with Gasteiger partial charge >= 0.3 is 18.0 Å². The first-order chi connectivity index (χ1) is 8.90. The summed E-state index contributed by atoms with van der Waals surface area (Å²) in [6.45, 7) is 3.15. The Hall–Kier alpha value is -1.44. The highest BCUT2D eigenvalue weighted by molar-refractivity contribution is 7.99. The molecule has 2 atom stereocenters. The quantitative estimate of drug-likeness (QED) is 0.678. The van der Waals surface area contributed by atoms with Gasteiger partial charge in [-0.2, -0.15) is 11.8 Å². The van der Waals surface area contributed by atoms with E-state index in [-0.39, 0.29) is 12.8 Å². The molecule has 0 aromatic heterocycles. The molecule has 19 heavy (non-hydrogen) atoms. The van der Waals surface area contributed by atoms with Crippen LogP contribution in [0.3, 0.4) is 0 Å². The molecule has 0 aromatic carbocycles. The van der Waals surface area contributed by atoms with Crippen LogP contribution in [-0.4, -0.2) is 63.2 Å². The predicted molar refractivity (Wildman–Crippen MR) is 70.3 cm³/mol. The summed E-state index contributed by atoms with van der Waals surface area (Å²) >= 11 is 1.76. The van der Waals surface area contributed by atoms with E-state index in [4.69, 9.17) is 10.2 Å². The molecule has 1 rings (SSSR count). The second-order valence-corrected chi connectivity index (χ2v) is 5.95. The predicted octanol–water partition coefficient (Wildman–Crippen LogP) is 0.451. The SMILES string of the molecule is CC1CN(C(=O)NC(CCC(=O)O)C(=O)O)CCS1. The third-order valence-electron chi connectivity index (χ3n) is 2.77. The van der Waals surface area contributed by atoms with Gasteiger partial charge in [-0.1, -0.05) is 6.92 Å². The Morgan fingerprint density at radius 1 is 1.42 bits per heavy atom. The average molecular weight is 290 g/mol. The molecule has 0 saturated carbocycles. The molecule has 0 aliphatic carbocycles. The maximum atomic E-state index is 11.9. The van der Waals surface area contributed by atoms with E-state index in [1.165, 1.54) is 0 Å². The van der Waals surface area contributed by atoms with E-state index >= 15 is 0 Å². The van der Waals surface area contributed by atoms with Gasteiger partial charge in [0.25, 0.3) is 0 Å². The van der Waals surface area contributed by atoms with Crippen molar-refractivity contribution in [2.45, 2.75) is 31.1 Å². The molecule has 8 heteroatoms. The molecule has 0 spiro atoms. The lowest BCUT2D eigenvalue weighted by Gasteiger charge is -2.31. The normalized spacial score (nSPS) is 20.7. The Bertz CT molecular complexity index is 363. The van der Waals surface area contributed by atoms with Gasteiger partial charge < -0.3 is 20.4 Å². The van der Waals surface area contributed by atoms with Gasteiger partial charge in [0.1, 0.15) is 6.04 Å². The number of nitrogens with zero attached hydrogens (tertiary/aromatic N) is 1. The highest BCUT2D eigenvalue weighted by Gasteiger charge is 2.26. The van der Waals surface area contributed by atoms with E-state index in [1.807, 2.05) is 6.92 Å². The average Bonchev–Trinajstić information content (AvgIpc) is 2.33. The number of carbonyl (C=O) groups is 3. The Morgan fingerprint density at radius 2 is 2.11 bits per heavy atom. The molecule has 0 bridgehead atoms. The number of carboxylic acids is 2. The largest absolute Gasteiger partial charge is 0.481 e. The van der Waals surface area contributed by atoms with E-state index in [1.54, 1.807) is 16.7 Å². The van der Waals surface area contributed by atoms with Crippen molar-refractivity contribution in [3.8, 4) is 0 Å². The van der Waals surface area contributed by atoms with Crippen molar-refractivity contribution in [1.82, 2.24) is 10.2 Å². The van der Waals surface area contributed by atoms with Crippen molar-refractivity contribution in [3.05, 3.63) is 0 Å². The zero-order chi connectivity index (χ0) is 14.4. The number of carboxylic acid groups (broad SMARTS) is 2. The standard InChI is InChI=1S/C11H18N2O5S/c1-7-6-13(4-5-19-7)11(18)12-8(10(16)17)2-3-9(14)15/h7-8H,2-6H2,1H3,(H,12,18)(H,14,15)(H,16,17). The van der Waals surface area contributed by atoms with E-state index in [0.29, 0.717) is 18.3 Å². The zero-order valence-corrected chi connectivity index (χ0v) is 11.5. The molecule has 7 nitrogen and oxygen atoms in total. The lowest BCUT2D eigenvalue weighted by molar-refractivity contribution is -0.140. The maximum absolute atomic E-state index is 11.9.